The Labute approximate surface area is 113 Å². The van der Waals surface area contributed by atoms with Crippen LogP contribution in [0, 0.1) is 3.57 Å². The van der Waals surface area contributed by atoms with E-state index in [-0.39, 0.29) is 0 Å². The molecule has 0 atom stereocenters. The molecule has 0 bridgehead atoms. The van der Waals surface area contributed by atoms with E-state index in [4.69, 9.17) is 4.74 Å². The van der Waals surface area contributed by atoms with Gasteiger partial charge in [-0.25, -0.2) is 0 Å². The summed E-state index contributed by atoms with van der Waals surface area (Å²) in [6.07, 6.45) is 2.56. The zero-order chi connectivity index (χ0) is 12.1. The number of carbonyl (C=O) groups is 1. The second-order valence-electron chi connectivity index (χ2n) is 3.42. The fourth-order valence-corrected chi connectivity index (χ4v) is 2.04. The molecule has 4 heteroatoms. The van der Waals surface area contributed by atoms with Crippen molar-refractivity contribution < 1.29 is 9.53 Å². The third-order valence-corrected chi connectivity index (χ3v) is 3.04. The van der Waals surface area contributed by atoms with Gasteiger partial charge in [0.2, 0.25) is 0 Å². The maximum atomic E-state index is 10.6. The predicted molar refractivity (Wildman–Crippen MR) is 73.1 cm³/mol. The molecule has 0 amide bonds. The Morgan fingerprint density at radius 2 is 2.18 bits per heavy atom. The van der Waals surface area contributed by atoms with E-state index < -0.39 is 0 Å². The Morgan fingerprint density at radius 3 is 2.82 bits per heavy atom. The molecule has 0 spiro atoms. The van der Waals surface area contributed by atoms with Crippen molar-refractivity contribution in [1.29, 1.82) is 0 Å². The predicted octanol–water partition coefficient (Wildman–Crippen LogP) is 3.08. The topological polar surface area (TPSA) is 39.2 Å². The molecule has 2 aromatic rings. The molecule has 0 aliphatic carbocycles. The van der Waals surface area contributed by atoms with E-state index in [2.05, 4.69) is 27.6 Å². The minimum absolute atomic E-state index is 0.428. The van der Waals surface area contributed by atoms with Gasteiger partial charge < -0.3 is 4.74 Å². The van der Waals surface area contributed by atoms with E-state index in [0.717, 1.165) is 21.3 Å². The highest BCUT2D eigenvalue weighted by Crippen LogP contribution is 2.22. The van der Waals surface area contributed by atoms with E-state index in [1.807, 2.05) is 18.2 Å². The van der Waals surface area contributed by atoms with Crippen LogP contribution in [-0.2, 0) is 6.61 Å². The number of nitrogens with zero attached hydrogens (tertiary/aromatic N) is 1. The maximum absolute atomic E-state index is 10.6. The first-order valence-electron chi connectivity index (χ1n) is 5.07. The van der Waals surface area contributed by atoms with Gasteiger partial charge in [-0.2, -0.15) is 0 Å². The van der Waals surface area contributed by atoms with Crippen LogP contribution in [-0.4, -0.2) is 11.3 Å². The van der Waals surface area contributed by atoms with Crippen molar-refractivity contribution >= 4 is 28.9 Å². The zero-order valence-electron chi connectivity index (χ0n) is 8.97. The quantitative estimate of drug-likeness (QED) is 0.635. The van der Waals surface area contributed by atoms with Crippen LogP contribution in [0.15, 0.2) is 42.6 Å². The lowest BCUT2D eigenvalue weighted by Crippen LogP contribution is -1.99. The standard InChI is InChI=1S/C13H10INO2/c14-12-7-10(8-16)4-5-13(12)17-9-11-3-1-2-6-15-11/h1-8H,9H2. The summed E-state index contributed by atoms with van der Waals surface area (Å²) >= 11 is 2.15. The van der Waals surface area contributed by atoms with Crippen LogP contribution in [0.25, 0.3) is 0 Å². The van der Waals surface area contributed by atoms with E-state index in [9.17, 15) is 4.79 Å². The lowest BCUT2D eigenvalue weighted by atomic mass is 10.2. The minimum atomic E-state index is 0.428. The summed E-state index contributed by atoms with van der Waals surface area (Å²) in [7, 11) is 0. The molecule has 1 aromatic carbocycles. The number of halogens is 1. The first kappa shape index (κ1) is 12.0. The highest BCUT2D eigenvalue weighted by Gasteiger charge is 2.03. The van der Waals surface area contributed by atoms with Gasteiger partial charge in [0.05, 0.1) is 9.26 Å². The molecule has 2 rings (SSSR count). The van der Waals surface area contributed by atoms with E-state index >= 15 is 0 Å². The van der Waals surface area contributed by atoms with Crippen molar-refractivity contribution in [2.24, 2.45) is 0 Å². The molecule has 0 aliphatic rings. The molecule has 1 heterocycles. The van der Waals surface area contributed by atoms with Crippen LogP contribution in [0.1, 0.15) is 16.1 Å². The summed E-state index contributed by atoms with van der Waals surface area (Å²) in [6, 6.07) is 11.0. The summed E-state index contributed by atoms with van der Waals surface area (Å²) in [5.74, 6) is 0.766. The Balaban J connectivity index is 2.07. The highest BCUT2D eigenvalue weighted by atomic mass is 127. The molecule has 1 aromatic heterocycles. The van der Waals surface area contributed by atoms with Crippen molar-refractivity contribution in [3.8, 4) is 5.75 Å². The molecule has 0 radical (unpaired) electrons. The molecule has 0 saturated carbocycles. The third-order valence-electron chi connectivity index (χ3n) is 2.19. The number of rotatable bonds is 4. The van der Waals surface area contributed by atoms with Gasteiger partial charge in [-0.15, -0.1) is 0 Å². The molecule has 3 nitrogen and oxygen atoms in total. The number of benzene rings is 1. The largest absolute Gasteiger partial charge is 0.486 e. The fourth-order valence-electron chi connectivity index (χ4n) is 1.34. The van der Waals surface area contributed by atoms with Crippen LogP contribution >= 0.6 is 22.6 Å². The van der Waals surface area contributed by atoms with Gasteiger partial charge in [0.1, 0.15) is 18.6 Å². The summed E-state index contributed by atoms with van der Waals surface area (Å²) in [5, 5.41) is 0. The molecule has 86 valence electrons. The average Bonchev–Trinajstić information content (AvgIpc) is 2.38. The van der Waals surface area contributed by atoms with Crippen molar-refractivity contribution in [3.63, 3.8) is 0 Å². The van der Waals surface area contributed by atoms with Crippen LogP contribution in [0.3, 0.4) is 0 Å². The number of pyridine rings is 1. The SMILES string of the molecule is O=Cc1ccc(OCc2ccccn2)c(I)c1. The lowest BCUT2D eigenvalue weighted by Gasteiger charge is -2.07. The number of hydrogen-bond donors (Lipinski definition) is 0. The summed E-state index contributed by atoms with van der Waals surface area (Å²) in [5.41, 5.74) is 1.53. The summed E-state index contributed by atoms with van der Waals surface area (Å²) in [4.78, 5) is 14.8. The monoisotopic (exact) mass is 339 g/mol. The Kier molecular flexibility index (Phi) is 4.08. The molecule has 0 aliphatic heterocycles. The van der Waals surface area contributed by atoms with E-state index in [1.54, 1.807) is 24.4 Å². The third kappa shape index (κ3) is 3.26. The van der Waals surface area contributed by atoms with Gasteiger partial charge >= 0.3 is 0 Å². The smallest absolute Gasteiger partial charge is 0.150 e. The first-order chi connectivity index (χ1) is 8.29. The minimum Gasteiger partial charge on any atom is -0.486 e. The fraction of sp³-hybridized carbons (Fsp3) is 0.0769. The number of aldehydes is 1. The average molecular weight is 339 g/mol. The normalized spacial score (nSPS) is 9.94. The molecule has 0 saturated heterocycles. The number of hydrogen-bond acceptors (Lipinski definition) is 3. The lowest BCUT2D eigenvalue weighted by molar-refractivity contribution is 0.112. The Morgan fingerprint density at radius 1 is 1.29 bits per heavy atom. The van der Waals surface area contributed by atoms with Gasteiger partial charge in [-0.3, -0.25) is 9.78 Å². The second kappa shape index (κ2) is 5.77. The van der Waals surface area contributed by atoms with E-state index in [1.165, 1.54) is 0 Å². The van der Waals surface area contributed by atoms with Gasteiger partial charge in [0.25, 0.3) is 0 Å². The molecule has 0 fully saturated rings. The van der Waals surface area contributed by atoms with Crippen molar-refractivity contribution in [2.75, 3.05) is 0 Å². The van der Waals surface area contributed by atoms with Crippen molar-refractivity contribution in [2.45, 2.75) is 6.61 Å². The number of carbonyl (C=O) groups excluding carboxylic acids is 1. The summed E-state index contributed by atoms with van der Waals surface area (Å²) < 4.78 is 6.56. The van der Waals surface area contributed by atoms with E-state index in [0.29, 0.717) is 12.2 Å². The number of aromatic nitrogens is 1. The Hall–Kier alpha value is -1.43. The Bertz CT molecular complexity index is 514. The maximum Gasteiger partial charge on any atom is 0.150 e. The zero-order valence-corrected chi connectivity index (χ0v) is 11.1. The van der Waals surface area contributed by atoms with Gasteiger partial charge in [-0.05, 0) is 52.9 Å². The van der Waals surface area contributed by atoms with Gasteiger partial charge in [0, 0.05) is 11.8 Å². The van der Waals surface area contributed by atoms with Crippen LogP contribution < -0.4 is 4.74 Å². The molecule has 0 unspecified atom stereocenters. The van der Waals surface area contributed by atoms with Crippen LogP contribution in [0.4, 0.5) is 0 Å². The van der Waals surface area contributed by atoms with Crippen LogP contribution in [0.2, 0.25) is 0 Å². The molecule has 0 N–H and O–H groups in total. The van der Waals surface area contributed by atoms with Gasteiger partial charge in [0.15, 0.2) is 0 Å². The second-order valence-corrected chi connectivity index (χ2v) is 4.58. The molecular formula is C13H10INO2. The first-order valence-corrected chi connectivity index (χ1v) is 6.15. The summed E-state index contributed by atoms with van der Waals surface area (Å²) in [6.45, 7) is 0.428. The molecule has 17 heavy (non-hydrogen) atoms. The highest BCUT2D eigenvalue weighted by molar-refractivity contribution is 14.1. The van der Waals surface area contributed by atoms with Crippen molar-refractivity contribution in [3.05, 3.63) is 57.4 Å². The van der Waals surface area contributed by atoms with Crippen LogP contribution in [0.5, 0.6) is 5.75 Å². The van der Waals surface area contributed by atoms with Gasteiger partial charge in [-0.1, -0.05) is 6.07 Å². The van der Waals surface area contributed by atoms with Crippen molar-refractivity contribution in [1.82, 2.24) is 4.98 Å². The number of ether oxygens (including phenoxy) is 1. The molecular weight excluding hydrogens is 329 g/mol.